The van der Waals surface area contributed by atoms with E-state index in [1.807, 2.05) is 6.92 Å². The molecule has 0 bridgehead atoms. The van der Waals surface area contributed by atoms with E-state index in [1.54, 1.807) is 5.19 Å². The van der Waals surface area contributed by atoms with E-state index in [-0.39, 0.29) is 0 Å². The van der Waals surface area contributed by atoms with Crippen molar-refractivity contribution in [3.8, 4) is 22.8 Å². The van der Waals surface area contributed by atoms with Crippen molar-refractivity contribution in [2.24, 2.45) is 0 Å². The molecule has 0 radical (unpaired) electrons. The molecule has 5 aliphatic rings. The lowest BCUT2D eigenvalue weighted by molar-refractivity contribution is 0.283. The second-order valence-corrected chi connectivity index (χ2v) is 50.3. The number of nitrogens with zero attached hydrogens (tertiary/aromatic N) is 12. The molecule has 0 unspecified atom stereocenters. The van der Waals surface area contributed by atoms with Gasteiger partial charge in [-0.3, -0.25) is 26.4 Å². The maximum absolute atomic E-state index is 5.97. The van der Waals surface area contributed by atoms with Crippen LogP contribution >= 0.6 is 0 Å². The fraction of sp³-hybridized carbons (Fsp3) is 0.197. The number of hydrogen-bond donors (Lipinski definition) is 0. The standard InChI is InChI=1S/C27H24N2.2C20H20N2Si.C19H14N2.2C18H14N2O/c1-15-6-5-7-16(2)24(15)20-10-12-21-22(14-20)25-17(3)8-9-19-11-13-23-18(4)28-27(21)29(23)26(19)25;1-12-9-10-14-11-23(3,4)20-13(2)21-19-16-8-6-5-7-15(16)17(12)18(14)22(19)20;1-12-9-10-17-19-18(12)14-7-5-6-8-15(14)20-21-13(2)16(22(19)20)11-23(17,3)4;1-11-7-8-13-9-10-16-12(2)20-19-15-6-4-3-5-14(15)17(11)18(13)21(16)19;1-10-7-8-12-9-21-18-11(2)19-17-14-6-4-3-5-13(14)15(10)16(12)20(17)18;1-10-7-8-15-17-16(10)12-5-3-4-6-13(12)18-19-11(2)14(9-21-15)20(17)18/h5-10,12,14H,11,13H2,1-4H3;2*5-10H,11H2,1-4H3;3-10H,1-2H3;2*3-8H,9H2,1-2H3. The average Bonchev–Trinajstić information content (AvgIpc) is 1.48. The Morgan fingerprint density at radius 3 is 1.26 bits per heavy atom. The first kappa shape index (κ1) is 83.5. The predicted octanol–water partition coefficient (Wildman–Crippen LogP) is 28.3. The molecule has 31 rings (SSSR count). The first-order valence-electron chi connectivity index (χ1n) is 48.8. The van der Waals surface area contributed by atoms with Crippen molar-refractivity contribution in [3.05, 3.63) is 355 Å². The average molecular weight is 1830 g/mol. The van der Waals surface area contributed by atoms with E-state index in [9.17, 15) is 0 Å². The Hall–Kier alpha value is -15.1. The van der Waals surface area contributed by atoms with E-state index in [1.165, 1.54) is 259 Å². The molecule has 0 saturated heterocycles. The predicted molar refractivity (Wildman–Crippen MR) is 579 cm³/mol. The maximum atomic E-state index is 5.97. The topological polar surface area (TPSA) is 122 Å². The van der Waals surface area contributed by atoms with Gasteiger partial charge in [-0.05, 0) is 256 Å². The van der Waals surface area contributed by atoms with Gasteiger partial charge in [0.25, 0.3) is 0 Å². The normalized spacial score (nSPS) is 14.1. The van der Waals surface area contributed by atoms with Crippen molar-refractivity contribution in [2.45, 2.75) is 161 Å². The van der Waals surface area contributed by atoms with Gasteiger partial charge in [-0.15, -0.1) is 0 Å². The van der Waals surface area contributed by atoms with Gasteiger partial charge >= 0.3 is 0 Å². The smallest absolute Gasteiger partial charge is 0.222 e. The number of ether oxygens (including phenoxy) is 2. The molecule has 138 heavy (non-hydrogen) atoms. The van der Waals surface area contributed by atoms with Gasteiger partial charge in [0.05, 0.1) is 80.9 Å². The summed E-state index contributed by atoms with van der Waals surface area (Å²) in [4.78, 5) is 29.4. The Kier molecular flexibility index (Phi) is 18.3. The minimum atomic E-state index is -1.51. The zero-order valence-electron chi connectivity index (χ0n) is 81.5. The van der Waals surface area contributed by atoms with Crippen LogP contribution in [0.15, 0.2) is 243 Å². The molecule has 0 amide bonds. The van der Waals surface area contributed by atoms with Gasteiger partial charge in [0.2, 0.25) is 5.88 Å². The zero-order valence-corrected chi connectivity index (χ0v) is 83.5. The lowest BCUT2D eigenvalue weighted by Gasteiger charge is -2.31. The van der Waals surface area contributed by atoms with Crippen LogP contribution in [0.5, 0.6) is 11.6 Å². The third kappa shape index (κ3) is 11.9. The fourth-order valence-corrected chi connectivity index (χ4v) is 31.4. The van der Waals surface area contributed by atoms with Gasteiger partial charge in [0.1, 0.15) is 66.6 Å². The van der Waals surface area contributed by atoms with Gasteiger partial charge < -0.3 is 9.47 Å². The van der Waals surface area contributed by atoms with E-state index in [2.05, 4.69) is 385 Å². The van der Waals surface area contributed by atoms with Gasteiger partial charge in [-0.2, -0.15) is 0 Å². The van der Waals surface area contributed by atoms with Crippen LogP contribution in [0.25, 0.3) is 186 Å². The van der Waals surface area contributed by atoms with Crippen LogP contribution in [0.3, 0.4) is 0 Å². The Morgan fingerprint density at radius 1 is 0.261 bits per heavy atom. The SMILES string of the molecule is Cc1ccc2ccc3c(C)nc4c5ccccc5c1c2n34.Cc1cccc(C)c1-c1ccc2c(c1)c1c(C)ccc3c1n1c(c(C)nc21)CC3.Cc1nc2c3ccccc3c3c(C)ccc4c3n2c1CO4.Cc1nc2c3ccccc3c3c(C)ccc4c3n2c1C[Si]4(C)C.Cc1nc2c3ccccc3c3c(C)ccc4c3n2c1OC4.Cc1nc2c3ccccc3c3c(C)ccc4c3n2c1[Si](C)(C)C4. The Bertz CT molecular complexity index is 9740. The monoisotopic (exact) mass is 1830 g/mol. The van der Waals surface area contributed by atoms with Crippen molar-refractivity contribution in [1.82, 2.24) is 56.3 Å². The molecule has 0 saturated carbocycles. The van der Waals surface area contributed by atoms with Crippen LogP contribution in [0, 0.1) is 96.9 Å². The number of aromatic nitrogens is 12. The van der Waals surface area contributed by atoms with Crippen LogP contribution in [-0.4, -0.2) is 72.5 Å². The van der Waals surface area contributed by atoms with Crippen molar-refractivity contribution in [1.29, 1.82) is 0 Å². The number of hydrogen-bond acceptors (Lipinski definition) is 8. The molecular weight excluding hydrogens is 1720 g/mol. The van der Waals surface area contributed by atoms with Crippen LogP contribution in [-0.2, 0) is 38.1 Å². The number of imidazole rings is 6. The second-order valence-electron chi connectivity index (χ2n) is 41.1. The minimum absolute atomic E-state index is 0.594. The largest absolute Gasteiger partial charge is 0.485 e. The molecule has 13 aromatic carbocycles. The van der Waals surface area contributed by atoms with Crippen LogP contribution in [0.4, 0.5) is 0 Å². The second kappa shape index (κ2) is 30.2. The number of benzene rings is 13. The molecule has 14 nitrogen and oxygen atoms in total. The Balaban J connectivity index is 0.0000000859. The highest BCUT2D eigenvalue weighted by Gasteiger charge is 2.39. The third-order valence-electron chi connectivity index (χ3n) is 31.4. The fourth-order valence-electron chi connectivity index (χ4n) is 25.2. The highest BCUT2D eigenvalue weighted by Crippen LogP contribution is 2.48. The molecule has 5 aliphatic heterocycles. The number of rotatable bonds is 1. The molecule has 0 spiro atoms. The highest BCUT2D eigenvalue weighted by molar-refractivity contribution is 6.91. The van der Waals surface area contributed by atoms with Crippen molar-refractivity contribution in [2.75, 3.05) is 0 Å². The summed E-state index contributed by atoms with van der Waals surface area (Å²) in [7, 11) is -3.00. The molecular formula is C122H106N12O2Si2. The van der Waals surface area contributed by atoms with Gasteiger partial charge in [0.15, 0.2) is 0 Å². The van der Waals surface area contributed by atoms with Crippen molar-refractivity contribution < 1.29 is 9.47 Å². The molecule has 26 aromatic rings. The van der Waals surface area contributed by atoms with Crippen molar-refractivity contribution in [3.63, 3.8) is 0 Å². The van der Waals surface area contributed by atoms with Crippen molar-refractivity contribution >= 4 is 201 Å². The van der Waals surface area contributed by atoms with E-state index in [0.29, 0.717) is 13.2 Å². The lowest BCUT2D eigenvalue weighted by atomic mass is 9.90. The molecule has 16 heteroatoms. The van der Waals surface area contributed by atoms with E-state index < -0.39 is 16.1 Å². The molecule has 0 fully saturated rings. The third-order valence-corrected chi connectivity index (χ3v) is 37.7. The van der Waals surface area contributed by atoms with E-state index in [4.69, 9.17) is 39.4 Å². The van der Waals surface area contributed by atoms with E-state index >= 15 is 0 Å². The van der Waals surface area contributed by atoms with Crippen LogP contribution < -0.4 is 20.0 Å². The Labute approximate surface area is 800 Å². The summed E-state index contributed by atoms with van der Waals surface area (Å²) in [5.74, 6) is 1.84. The molecule has 18 heterocycles. The van der Waals surface area contributed by atoms with Crippen LogP contribution in [0.2, 0.25) is 26.2 Å². The first-order chi connectivity index (χ1) is 66.8. The molecule has 13 aromatic heterocycles. The summed E-state index contributed by atoms with van der Waals surface area (Å²) in [6.45, 7) is 41.5. The summed E-state index contributed by atoms with van der Waals surface area (Å²) in [6, 6.07) is 90.4. The quantitative estimate of drug-likeness (QED) is 0.0905. The summed E-state index contributed by atoms with van der Waals surface area (Å²) in [5.41, 5.74) is 43.7. The molecule has 0 N–H and O–H groups in total. The number of pyridine rings is 7. The first-order valence-corrected chi connectivity index (χ1v) is 55.2. The lowest BCUT2D eigenvalue weighted by Crippen LogP contribution is -2.50. The summed E-state index contributed by atoms with van der Waals surface area (Å²) in [6.07, 6.45) is 2.17. The van der Waals surface area contributed by atoms with Crippen LogP contribution in [0.1, 0.15) is 112 Å². The Morgan fingerprint density at radius 2 is 0.674 bits per heavy atom. The molecule has 0 atom stereocenters. The maximum Gasteiger partial charge on any atom is 0.222 e. The number of aryl methyl sites for hydroxylation is 16. The van der Waals surface area contributed by atoms with Gasteiger partial charge in [-0.1, -0.05) is 245 Å². The van der Waals surface area contributed by atoms with E-state index in [0.717, 1.165) is 81.0 Å². The molecule has 674 valence electrons. The summed E-state index contributed by atoms with van der Waals surface area (Å²) < 4.78 is 26.1. The minimum Gasteiger partial charge on any atom is -0.485 e. The number of fused-ring (bicyclic) bond motifs is 18. The molecule has 0 aliphatic carbocycles. The van der Waals surface area contributed by atoms with Gasteiger partial charge in [0, 0.05) is 86.9 Å². The zero-order chi connectivity index (χ0) is 94.1. The highest BCUT2D eigenvalue weighted by atomic mass is 28.3. The van der Waals surface area contributed by atoms with Gasteiger partial charge in [-0.25, -0.2) is 29.9 Å². The summed E-state index contributed by atoms with van der Waals surface area (Å²) >= 11 is 0. The summed E-state index contributed by atoms with van der Waals surface area (Å²) in [5, 5.41) is 27.8.